The molecule has 0 saturated carbocycles. The third-order valence-electron chi connectivity index (χ3n) is 4.47. The highest BCUT2D eigenvalue weighted by molar-refractivity contribution is 7.89. The highest BCUT2D eigenvalue weighted by atomic mass is 32.2. The van der Waals surface area contributed by atoms with Gasteiger partial charge in [-0.05, 0) is 31.6 Å². The van der Waals surface area contributed by atoms with Gasteiger partial charge in [-0.15, -0.1) is 0 Å². The molecule has 0 aromatic heterocycles. The molecule has 2 fully saturated rings. The SMILES string of the molecule is CNC(=O)CC1(O)CCCN(S(=O)(=O)CC2CCOCC2)C1. The summed E-state index contributed by atoms with van der Waals surface area (Å²) < 4.78 is 31.8. The normalized spacial score (nSPS) is 28.5. The first kappa shape index (κ1) is 17.7. The lowest BCUT2D eigenvalue weighted by Gasteiger charge is -2.38. The van der Waals surface area contributed by atoms with Crippen molar-refractivity contribution in [3.63, 3.8) is 0 Å². The van der Waals surface area contributed by atoms with Crippen molar-refractivity contribution in [1.29, 1.82) is 0 Å². The minimum Gasteiger partial charge on any atom is -0.388 e. The smallest absolute Gasteiger partial charge is 0.222 e. The van der Waals surface area contributed by atoms with E-state index in [1.807, 2.05) is 0 Å². The van der Waals surface area contributed by atoms with Gasteiger partial charge in [-0.3, -0.25) is 4.79 Å². The number of sulfonamides is 1. The predicted molar refractivity (Wildman–Crippen MR) is 81.8 cm³/mol. The van der Waals surface area contributed by atoms with Gasteiger partial charge in [0.05, 0.1) is 17.8 Å². The molecule has 0 radical (unpaired) electrons. The summed E-state index contributed by atoms with van der Waals surface area (Å²) in [6.45, 7) is 1.65. The molecule has 2 saturated heterocycles. The Bertz CT molecular complexity index is 489. The Morgan fingerprint density at radius 2 is 2.09 bits per heavy atom. The molecule has 8 heteroatoms. The molecule has 2 heterocycles. The number of hydrogen-bond donors (Lipinski definition) is 2. The molecule has 0 spiro atoms. The lowest BCUT2D eigenvalue weighted by molar-refractivity contribution is -0.127. The largest absolute Gasteiger partial charge is 0.388 e. The zero-order chi connectivity index (χ0) is 16.2. The summed E-state index contributed by atoms with van der Waals surface area (Å²) in [5, 5.41) is 13.0. The highest BCUT2D eigenvalue weighted by Gasteiger charge is 2.40. The van der Waals surface area contributed by atoms with E-state index in [9.17, 15) is 18.3 Å². The summed E-state index contributed by atoms with van der Waals surface area (Å²) in [4.78, 5) is 11.5. The second kappa shape index (κ2) is 7.25. The van der Waals surface area contributed by atoms with Crippen LogP contribution in [0.2, 0.25) is 0 Å². The Balaban J connectivity index is 1.99. The van der Waals surface area contributed by atoms with E-state index in [1.165, 1.54) is 11.4 Å². The van der Waals surface area contributed by atoms with Crippen molar-refractivity contribution < 1.29 is 23.1 Å². The Morgan fingerprint density at radius 1 is 1.41 bits per heavy atom. The quantitative estimate of drug-likeness (QED) is 0.720. The monoisotopic (exact) mass is 334 g/mol. The number of piperidine rings is 1. The van der Waals surface area contributed by atoms with Crippen LogP contribution in [-0.2, 0) is 19.6 Å². The first-order valence-electron chi connectivity index (χ1n) is 7.83. The van der Waals surface area contributed by atoms with Crippen molar-refractivity contribution in [2.45, 2.75) is 37.7 Å². The third kappa shape index (κ3) is 4.65. The van der Waals surface area contributed by atoms with Crippen molar-refractivity contribution >= 4 is 15.9 Å². The van der Waals surface area contributed by atoms with Crippen LogP contribution in [0.4, 0.5) is 0 Å². The second-order valence-electron chi connectivity index (χ2n) is 6.35. The van der Waals surface area contributed by atoms with Gasteiger partial charge in [-0.1, -0.05) is 0 Å². The summed E-state index contributed by atoms with van der Waals surface area (Å²) >= 11 is 0. The fourth-order valence-corrected chi connectivity index (χ4v) is 5.14. The molecule has 1 atom stereocenters. The van der Waals surface area contributed by atoms with Gasteiger partial charge in [0.1, 0.15) is 0 Å². The number of hydrogen-bond acceptors (Lipinski definition) is 5. The number of aliphatic hydroxyl groups is 1. The molecule has 2 rings (SSSR count). The van der Waals surface area contributed by atoms with Crippen LogP contribution in [0.25, 0.3) is 0 Å². The molecule has 0 bridgehead atoms. The third-order valence-corrected chi connectivity index (χ3v) is 6.46. The van der Waals surface area contributed by atoms with E-state index in [-0.39, 0.29) is 30.5 Å². The van der Waals surface area contributed by atoms with Crippen LogP contribution in [0.1, 0.15) is 32.1 Å². The van der Waals surface area contributed by atoms with Gasteiger partial charge in [0.15, 0.2) is 0 Å². The fourth-order valence-electron chi connectivity index (χ4n) is 3.16. The van der Waals surface area contributed by atoms with Crippen LogP contribution in [0.15, 0.2) is 0 Å². The predicted octanol–water partition coefficient (Wildman–Crippen LogP) is -0.294. The first-order chi connectivity index (χ1) is 10.3. The number of rotatable bonds is 5. The van der Waals surface area contributed by atoms with Crippen LogP contribution < -0.4 is 5.32 Å². The molecule has 0 aliphatic carbocycles. The lowest BCUT2D eigenvalue weighted by atomic mass is 9.90. The zero-order valence-corrected chi connectivity index (χ0v) is 13.9. The summed E-state index contributed by atoms with van der Waals surface area (Å²) in [7, 11) is -1.90. The molecule has 7 nitrogen and oxygen atoms in total. The average Bonchev–Trinajstić information content (AvgIpc) is 2.47. The molecule has 2 aliphatic rings. The Hall–Kier alpha value is -0.700. The van der Waals surface area contributed by atoms with Crippen LogP contribution in [0, 0.1) is 5.92 Å². The number of carbonyl (C=O) groups excluding carboxylic acids is 1. The number of nitrogens with zero attached hydrogens (tertiary/aromatic N) is 1. The van der Waals surface area contributed by atoms with Gasteiger partial charge < -0.3 is 15.2 Å². The van der Waals surface area contributed by atoms with Crippen molar-refractivity contribution in [3.8, 4) is 0 Å². The van der Waals surface area contributed by atoms with Crippen molar-refractivity contribution in [2.75, 3.05) is 39.1 Å². The van der Waals surface area contributed by atoms with E-state index in [1.54, 1.807) is 0 Å². The Labute approximate surface area is 132 Å². The summed E-state index contributed by atoms with van der Waals surface area (Å²) in [6.07, 6.45) is 2.47. The summed E-state index contributed by atoms with van der Waals surface area (Å²) in [5.41, 5.74) is -1.26. The average molecular weight is 334 g/mol. The Kier molecular flexibility index (Phi) is 5.81. The number of amides is 1. The molecule has 0 aromatic carbocycles. The number of nitrogens with one attached hydrogen (secondary N) is 1. The molecule has 1 amide bonds. The maximum Gasteiger partial charge on any atom is 0.222 e. The van der Waals surface area contributed by atoms with E-state index >= 15 is 0 Å². The minimum absolute atomic E-state index is 0.00593. The number of β-amino-alcohol motifs (C(OH)–C–C–N with tert-alkyl or cyclic N) is 1. The summed E-state index contributed by atoms with van der Waals surface area (Å²) in [6, 6.07) is 0. The van der Waals surface area contributed by atoms with Gasteiger partial charge in [0.25, 0.3) is 0 Å². The highest BCUT2D eigenvalue weighted by Crippen LogP contribution is 2.28. The Morgan fingerprint density at radius 3 is 2.73 bits per heavy atom. The van der Waals surface area contributed by atoms with Crippen LogP contribution in [0.3, 0.4) is 0 Å². The lowest BCUT2D eigenvalue weighted by Crippen LogP contribution is -2.53. The van der Waals surface area contributed by atoms with E-state index in [4.69, 9.17) is 4.74 Å². The zero-order valence-electron chi connectivity index (χ0n) is 13.1. The van der Waals surface area contributed by atoms with Gasteiger partial charge in [0, 0.05) is 33.4 Å². The van der Waals surface area contributed by atoms with Crippen molar-refractivity contribution in [1.82, 2.24) is 9.62 Å². The minimum atomic E-state index is -3.41. The molecule has 2 aliphatic heterocycles. The van der Waals surface area contributed by atoms with Gasteiger partial charge >= 0.3 is 0 Å². The van der Waals surface area contributed by atoms with Gasteiger partial charge in [0.2, 0.25) is 15.9 Å². The molecule has 1 unspecified atom stereocenters. The molecule has 22 heavy (non-hydrogen) atoms. The van der Waals surface area contributed by atoms with E-state index in [0.29, 0.717) is 32.6 Å². The van der Waals surface area contributed by atoms with E-state index < -0.39 is 15.6 Å². The van der Waals surface area contributed by atoms with Crippen LogP contribution in [0.5, 0.6) is 0 Å². The van der Waals surface area contributed by atoms with Crippen LogP contribution in [-0.4, -0.2) is 68.4 Å². The molecule has 128 valence electrons. The second-order valence-corrected chi connectivity index (χ2v) is 8.36. The number of ether oxygens (including phenoxy) is 1. The topological polar surface area (TPSA) is 95.9 Å². The molecule has 2 N–H and O–H groups in total. The fraction of sp³-hybridized carbons (Fsp3) is 0.929. The van der Waals surface area contributed by atoms with Crippen molar-refractivity contribution in [3.05, 3.63) is 0 Å². The van der Waals surface area contributed by atoms with Gasteiger partial charge in [-0.25, -0.2) is 8.42 Å². The maximum atomic E-state index is 12.6. The number of carbonyl (C=O) groups is 1. The van der Waals surface area contributed by atoms with Crippen molar-refractivity contribution in [2.24, 2.45) is 5.92 Å². The standard InChI is InChI=1S/C14H26N2O5S/c1-15-13(17)9-14(18)5-2-6-16(11-14)22(19,20)10-12-3-7-21-8-4-12/h12,18H,2-11H2,1H3,(H,15,17). The molecular weight excluding hydrogens is 308 g/mol. The van der Waals surface area contributed by atoms with Gasteiger partial charge in [-0.2, -0.15) is 4.31 Å². The van der Waals surface area contributed by atoms with Crippen LogP contribution >= 0.6 is 0 Å². The summed E-state index contributed by atoms with van der Waals surface area (Å²) in [5.74, 6) is -0.0502. The molecule has 0 aromatic rings. The molecular formula is C14H26N2O5S. The maximum absolute atomic E-state index is 12.6. The first-order valence-corrected chi connectivity index (χ1v) is 9.44. The van der Waals surface area contributed by atoms with E-state index in [0.717, 1.165) is 12.8 Å². The van der Waals surface area contributed by atoms with E-state index in [2.05, 4.69) is 5.32 Å².